The standard InChI is InChI=1S/C36H32ClFN4O5S/c37-29-8-6-28(7-9-29)24-42(34(22-26-4-2-1-3-5-26)36(44)40-23-27-18-20-39-21-19-27)35(43)25-47-32-14-16-33(17-15-32)48(45,46)41-31-12-10-30(38)11-13-31/h1-21,34,41H,22-25H2,(H,40,44)/t34-/m1/s1. The Labute approximate surface area is 283 Å². The van der Waals surface area contributed by atoms with Gasteiger partial charge >= 0.3 is 0 Å². The number of hydrogen-bond acceptors (Lipinski definition) is 6. The van der Waals surface area contributed by atoms with Crippen LogP contribution in [0.3, 0.4) is 0 Å². The lowest BCUT2D eigenvalue weighted by Gasteiger charge is -2.31. The van der Waals surface area contributed by atoms with E-state index in [1.165, 1.54) is 41.3 Å². The molecule has 0 unspecified atom stereocenters. The van der Waals surface area contributed by atoms with Gasteiger partial charge in [0.05, 0.1) is 4.90 Å². The molecule has 12 heteroatoms. The molecule has 246 valence electrons. The maximum absolute atomic E-state index is 13.9. The number of rotatable bonds is 14. The van der Waals surface area contributed by atoms with Gasteiger partial charge in [0.15, 0.2) is 6.61 Å². The quantitative estimate of drug-likeness (QED) is 0.148. The van der Waals surface area contributed by atoms with E-state index >= 15 is 0 Å². The van der Waals surface area contributed by atoms with Crippen molar-refractivity contribution in [1.29, 1.82) is 0 Å². The molecule has 0 saturated carbocycles. The van der Waals surface area contributed by atoms with Crippen LogP contribution in [0.25, 0.3) is 0 Å². The Morgan fingerprint density at radius 2 is 1.48 bits per heavy atom. The highest BCUT2D eigenvalue weighted by molar-refractivity contribution is 7.92. The molecular weight excluding hydrogens is 655 g/mol. The van der Waals surface area contributed by atoms with Gasteiger partial charge in [0.25, 0.3) is 15.9 Å². The number of nitrogens with zero attached hydrogens (tertiary/aromatic N) is 2. The van der Waals surface area contributed by atoms with E-state index in [-0.39, 0.29) is 41.7 Å². The normalized spacial score (nSPS) is 11.7. The maximum atomic E-state index is 13.9. The van der Waals surface area contributed by atoms with Crippen LogP contribution in [-0.4, -0.2) is 42.8 Å². The number of halogens is 2. The average molecular weight is 687 g/mol. The minimum atomic E-state index is -3.96. The highest BCUT2D eigenvalue weighted by Crippen LogP contribution is 2.21. The van der Waals surface area contributed by atoms with Crippen molar-refractivity contribution < 1.29 is 27.1 Å². The second-order valence-corrected chi connectivity index (χ2v) is 12.9. The van der Waals surface area contributed by atoms with Crippen molar-refractivity contribution in [2.75, 3.05) is 11.3 Å². The third-order valence-electron chi connectivity index (χ3n) is 7.35. The lowest BCUT2D eigenvalue weighted by Crippen LogP contribution is -2.51. The van der Waals surface area contributed by atoms with E-state index in [0.717, 1.165) is 28.8 Å². The molecule has 4 aromatic carbocycles. The number of anilines is 1. The largest absolute Gasteiger partial charge is 0.484 e. The summed E-state index contributed by atoms with van der Waals surface area (Å²) in [6, 6.07) is 29.6. The third-order valence-corrected chi connectivity index (χ3v) is 9.00. The first-order valence-electron chi connectivity index (χ1n) is 14.9. The Bertz CT molecular complexity index is 1910. The topological polar surface area (TPSA) is 118 Å². The lowest BCUT2D eigenvalue weighted by atomic mass is 10.0. The van der Waals surface area contributed by atoms with Crippen LogP contribution in [0.15, 0.2) is 133 Å². The number of carbonyl (C=O) groups is 2. The minimum Gasteiger partial charge on any atom is -0.484 e. The van der Waals surface area contributed by atoms with Gasteiger partial charge in [-0.1, -0.05) is 54.1 Å². The number of carbonyl (C=O) groups excluding carboxylic acids is 2. The number of hydrogen-bond donors (Lipinski definition) is 2. The number of benzene rings is 4. The second-order valence-electron chi connectivity index (χ2n) is 10.8. The third kappa shape index (κ3) is 9.63. The van der Waals surface area contributed by atoms with E-state index in [2.05, 4.69) is 15.0 Å². The number of pyridine rings is 1. The predicted octanol–water partition coefficient (Wildman–Crippen LogP) is 6.01. The van der Waals surface area contributed by atoms with Crippen molar-refractivity contribution in [3.05, 3.63) is 155 Å². The van der Waals surface area contributed by atoms with Crippen molar-refractivity contribution in [3.8, 4) is 5.75 Å². The number of sulfonamides is 1. The van der Waals surface area contributed by atoms with E-state index in [1.54, 1.807) is 48.8 Å². The van der Waals surface area contributed by atoms with Crippen LogP contribution in [0.1, 0.15) is 16.7 Å². The molecule has 0 aliphatic heterocycles. The van der Waals surface area contributed by atoms with E-state index in [9.17, 15) is 22.4 Å². The van der Waals surface area contributed by atoms with Crippen LogP contribution >= 0.6 is 11.6 Å². The van der Waals surface area contributed by atoms with Crippen molar-refractivity contribution in [2.24, 2.45) is 0 Å². The fourth-order valence-corrected chi connectivity index (χ4v) is 6.01. The minimum absolute atomic E-state index is 0.0522. The summed E-state index contributed by atoms with van der Waals surface area (Å²) >= 11 is 6.11. The van der Waals surface area contributed by atoms with Gasteiger partial charge in [-0.25, -0.2) is 12.8 Å². The van der Waals surface area contributed by atoms with Crippen LogP contribution in [0, 0.1) is 5.82 Å². The van der Waals surface area contributed by atoms with Gasteiger partial charge in [-0.3, -0.25) is 19.3 Å². The molecular formula is C36H32ClFN4O5S. The van der Waals surface area contributed by atoms with Crippen molar-refractivity contribution in [3.63, 3.8) is 0 Å². The van der Waals surface area contributed by atoms with Crippen LogP contribution in [0.2, 0.25) is 5.02 Å². The number of aromatic nitrogens is 1. The molecule has 9 nitrogen and oxygen atoms in total. The first-order valence-corrected chi connectivity index (χ1v) is 16.8. The van der Waals surface area contributed by atoms with E-state index in [1.807, 2.05) is 30.3 Å². The monoisotopic (exact) mass is 686 g/mol. The molecule has 1 aromatic heterocycles. The van der Waals surface area contributed by atoms with Crippen molar-refractivity contribution in [2.45, 2.75) is 30.4 Å². The molecule has 5 rings (SSSR count). The molecule has 0 aliphatic rings. The Kier molecular flexibility index (Phi) is 11.4. The zero-order valence-electron chi connectivity index (χ0n) is 25.6. The summed E-state index contributed by atoms with van der Waals surface area (Å²) < 4.78 is 47.1. The SMILES string of the molecule is O=C(NCc1ccncc1)[C@@H](Cc1ccccc1)N(Cc1ccc(Cl)cc1)C(=O)COc1ccc(S(=O)(=O)Nc2ccc(F)cc2)cc1. The molecule has 1 heterocycles. The molecule has 0 fully saturated rings. The summed E-state index contributed by atoms with van der Waals surface area (Å²) in [6.07, 6.45) is 3.53. The molecule has 2 amide bonds. The van der Waals surface area contributed by atoms with Crippen LogP contribution in [0.4, 0.5) is 10.1 Å². The van der Waals surface area contributed by atoms with Crippen molar-refractivity contribution in [1.82, 2.24) is 15.2 Å². The lowest BCUT2D eigenvalue weighted by molar-refractivity contribution is -0.142. The highest BCUT2D eigenvalue weighted by atomic mass is 35.5. The summed E-state index contributed by atoms with van der Waals surface area (Å²) in [5.74, 6) is -1.05. The molecule has 48 heavy (non-hydrogen) atoms. The zero-order chi connectivity index (χ0) is 33.9. The summed E-state index contributed by atoms with van der Waals surface area (Å²) in [6.45, 7) is -0.0698. The van der Waals surface area contributed by atoms with Crippen LogP contribution < -0.4 is 14.8 Å². The summed E-state index contributed by atoms with van der Waals surface area (Å²) in [5.41, 5.74) is 2.69. The fourth-order valence-electron chi connectivity index (χ4n) is 4.82. The molecule has 0 radical (unpaired) electrons. The van der Waals surface area contributed by atoms with E-state index in [0.29, 0.717) is 5.02 Å². The van der Waals surface area contributed by atoms with E-state index in [4.69, 9.17) is 16.3 Å². The van der Waals surface area contributed by atoms with Gasteiger partial charge in [0.2, 0.25) is 5.91 Å². The Morgan fingerprint density at radius 1 is 0.812 bits per heavy atom. The molecule has 0 bridgehead atoms. The number of nitrogens with one attached hydrogen (secondary N) is 2. The zero-order valence-corrected chi connectivity index (χ0v) is 27.2. The van der Waals surface area contributed by atoms with Gasteiger partial charge in [0, 0.05) is 42.6 Å². The second kappa shape index (κ2) is 16.0. The average Bonchev–Trinajstić information content (AvgIpc) is 3.10. The fraction of sp³-hybridized carbons (Fsp3) is 0.139. The Morgan fingerprint density at radius 3 is 2.15 bits per heavy atom. The predicted molar refractivity (Wildman–Crippen MR) is 181 cm³/mol. The van der Waals surface area contributed by atoms with Crippen LogP contribution in [-0.2, 0) is 39.1 Å². The summed E-state index contributed by atoms with van der Waals surface area (Å²) in [4.78, 5) is 33.1. The molecule has 1 atom stereocenters. The summed E-state index contributed by atoms with van der Waals surface area (Å²) in [5, 5.41) is 3.50. The van der Waals surface area contributed by atoms with Gasteiger partial charge in [-0.2, -0.15) is 0 Å². The Balaban J connectivity index is 1.34. The highest BCUT2D eigenvalue weighted by Gasteiger charge is 2.31. The van der Waals surface area contributed by atoms with E-state index < -0.39 is 34.4 Å². The first kappa shape index (κ1) is 34.1. The van der Waals surface area contributed by atoms with Crippen molar-refractivity contribution >= 4 is 39.1 Å². The maximum Gasteiger partial charge on any atom is 0.261 e. The first-order chi connectivity index (χ1) is 23.2. The van der Waals surface area contributed by atoms with Gasteiger partial charge < -0.3 is 15.0 Å². The van der Waals surface area contributed by atoms with Crippen LogP contribution in [0.5, 0.6) is 5.75 Å². The number of amides is 2. The molecule has 0 saturated heterocycles. The molecule has 5 aromatic rings. The van der Waals surface area contributed by atoms with Gasteiger partial charge in [-0.05, 0) is 89.5 Å². The Hall–Kier alpha value is -5.26. The summed E-state index contributed by atoms with van der Waals surface area (Å²) in [7, 11) is -3.96. The molecule has 0 aliphatic carbocycles. The molecule has 2 N–H and O–H groups in total. The smallest absolute Gasteiger partial charge is 0.261 e. The van der Waals surface area contributed by atoms with Gasteiger partial charge in [0.1, 0.15) is 17.6 Å². The van der Waals surface area contributed by atoms with Gasteiger partial charge in [-0.15, -0.1) is 0 Å². The molecule has 0 spiro atoms. The number of ether oxygens (including phenoxy) is 1.